The van der Waals surface area contributed by atoms with Crippen molar-refractivity contribution in [2.75, 3.05) is 13.1 Å². The van der Waals surface area contributed by atoms with Gasteiger partial charge in [0.15, 0.2) is 0 Å². The molecule has 0 aliphatic carbocycles. The Kier molecular flexibility index (Phi) is 6.32. The first-order chi connectivity index (χ1) is 13.6. The summed E-state index contributed by atoms with van der Waals surface area (Å²) in [6.45, 7) is -0.285. The lowest BCUT2D eigenvalue weighted by Crippen LogP contribution is -2.46. The third kappa shape index (κ3) is 4.63. The summed E-state index contributed by atoms with van der Waals surface area (Å²) in [5.41, 5.74) is -1.33. The summed E-state index contributed by atoms with van der Waals surface area (Å²) in [5.74, 6) is -0.647. The molecule has 3 rings (SSSR count). The van der Waals surface area contributed by atoms with Crippen LogP contribution in [-0.4, -0.2) is 42.9 Å². The fourth-order valence-corrected chi connectivity index (χ4v) is 6.06. The van der Waals surface area contributed by atoms with Gasteiger partial charge in [0.05, 0.1) is 11.7 Å². The second-order valence-electron chi connectivity index (χ2n) is 6.55. The summed E-state index contributed by atoms with van der Waals surface area (Å²) in [4.78, 5) is 12.5. The zero-order valence-electron chi connectivity index (χ0n) is 15.1. The maximum atomic E-state index is 13.1. The Hall–Kier alpha value is -1.95. The molecule has 0 saturated carbocycles. The summed E-state index contributed by atoms with van der Waals surface area (Å²) in [6, 6.07) is 6.65. The highest BCUT2D eigenvalue weighted by Crippen LogP contribution is 2.34. The molecule has 1 fully saturated rings. The minimum Gasteiger partial charge on any atom is -0.387 e. The number of aliphatic hydroxyl groups excluding tert-OH is 1. The van der Waals surface area contributed by atoms with Crippen molar-refractivity contribution in [2.24, 2.45) is 0 Å². The summed E-state index contributed by atoms with van der Waals surface area (Å²) in [7, 11) is -3.83. The molecule has 158 valence electrons. The third-order valence-electron chi connectivity index (χ3n) is 4.66. The highest BCUT2D eigenvalue weighted by Gasteiger charge is 2.40. The molecule has 0 spiro atoms. The molecule has 2 heterocycles. The van der Waals surface area contributed by atoms with Gasteiger partial charge in [0.1, 0.15) is 10.3 Å². The van der Waals surface area contributed by atoms with E-state index in [0.717, 1.165) is 27.8 Å². The van der Waals surface area contributed by atoms with Crippen LogP contribution in [0, 0.1) is 0 Å². The standard InChI is InChI=1S/C18H19F3N2O4S2/c19-18(20,21)13-6-2-1-5-12(13)15(24)11-22-17(25)14-7-3-9-23(14)29(26,27)16-8-4-10-28-16/h1-2,4-6,8,10,14-15,24H,3,7,9,11H2,(H,22,25). The average molecular weight is 448 g/mol. The molecule has 1 aromatic carbocycles. The van der Waals surface area contributed by atoms with Crippen molar-refractivity contribution in [3.63, 3.8) is 0 Å². The summed E-state index contributed by atoms with van der Waals surface area (Å²) in [5, 5.41) is 14.2. The first kappa shape index (κ1) is 21.8. The molecule has 11 heteroatoms. The van der Waals surface area contributed by atoms with Crippen LogP contribution in [0.2, 0.25) is 0 Å². The van der Waals surface area contributed by atoms with E-state index in [4.69, 9.17) is 0 Å². The normalized spacial score (nSPS) is 19.2. The van der Waals surface area contributed by atoms with Crippen molar-refractivity contribution in [2.45, 2.75) is 35.4 Å². The Labute approximate surface area is 170 Å². The van der Waals surface area contributed by atoms with Gasteiger partial charge in [-0.3, -0.25) is 4.79 Å². The number of aliphatic hydroxyl groups is 1. The van der Waals surface area contributed by atoms with Crippen LogP contribution >= 0.6 is 11.3 Å². The van der Waals surface area contributed by atoms with Crippen molar-refractivity contribution < 1.29 is 31.5 Å². The van der Waals surface area contributed by atoms with Gasteiger partial charge >= 0.3 is 6.18 Å². The number of nitrogens with zero attached hydrogens (tertiary/aromatic N) is 1. The number of sulfonamides is 1. The molecule has 2 N–H and O–H groups in total. The lowest BCUT2D eigenvalue weighted by Gasteiger charge is -2.24. The number of alkyl halides is 3. The molecule has 1 amide bonds. The van der Waals surface area contributed by atoms with E-state index in [0.29, 0.717) is 12.8 Å². The Morgan fingerprint density at radius 3 is 2.66 bits per heavy atom. The van der Waals surface area contributed by atoms with Crippen LogP contribution in [0.4, 0.5) is 13.2 Å². The SMILES string of the molecule is O=C(NCC(O)c1ccccc1C(F)(F)F)C1CCCN1S(=O)(=O)c1cccs1. The van der Waals surface area contributed by atoms with Crippen molar-refractivity contribution >= 4 is 27.3 Å². The lowest BCUT2D eigenvalue weighted by atomic mass is 10.0. The molecule has 1 saturated heterocycles. The van der Waals surface area contributed by atoms with E-state index in [1.54, 1.807) is 11.4 Å². The van der Waals surface area contributed by atoms with Gasteiger partial charge in [-0.1, -0.05) is 24.3 Å². The van der Waals surface area contributed by atoms with E-state index >= 15 is 0 Å². The molecule has 2 aromatic rings. The highest BCUT2D eigenvalue weighted by molar-refractivity contribution is 7.91. The van der Waals surface area contributed by atoms with Gasteiger partial charge in [-0.05, 0) is 35.9 Å². The maximum absolute atomic E-state index is 13.1. The minimum atomic E-state index is -4.64. The topological polar surface area (TPSA) is 86.7 Å². The Balaban J connectivity index is 1.70. The zero-order valence-corrected chi connectivity index (χ0v) is 16.7. The Bertz CT molecular complexity index is 962. The molecular weight excluding hydrogens is 429 g/mol. The van der Waals surface area contributed by atoms with Gasteiger partial charge in [-0.15, -0.1) is 11.3 Å². The number of hydrogen-bond donors (Lipinski definition) is 2. The van der Waals surface area contributed by atoms with Crippen molar-refractivity contribution in [1.82, 2.24) is 9.62 Å². The van der Waals surface area contributed by atoms with Gasteiger partial charge in [0.25, 0.3) is 10.0 Å². The van der Waals surface area contributed by atoms with E-state index in [1.807, 2.05) is 0 Å². The van der Waals surface area contributed by atoms with Crippen molar-refractivity contribution in [3.05, 3.63) is 52.9 Å². The molecule has 1 aliphatic rings. The van der Waals surface area contributed by atoms with E-state index in [-0.39, 0.29) is 16.3 Å². The smallest absolute Gasteiger partial charge is 0.387 e. The highest BCUT2D eigenvalue weighted by atomic mass is 32.2. The first-order valence-corrected chi connectivity index (χ1v) is 11.1. The molecule has 0 radical (unpaired) electrons. The molecule has 1 aromatic heterocycles. The molecule has 2 atom stereocenters. The van der Waals surface area contributed by atoms with Gasteiger partial charge in [0, 0.05) is 13.1 Å². The fourth-order valence-electron chi connectivity index (χ4n) is 3.29. The summed E-state index contributed by atoms with van der Waals surface area (Å²) < 4.78 is 65.9. The van der Waals surface area contributed by atoms with Crippen LogP contribution in [0.3, 0.4) is 0 Å². The van der Waals surface area contributed by atoms with Gasteiger partial charge in [0.2, 0.25) is 5.91 Å². The number of thiophene rings is 1. The number of halogens is 3. The number of carbonyl (C=O) groups excluding carboxylic acids is 1. The van der Waals surface area contributed by atoms with Crippen LogP contribution < -0.4 is 5.32 Å². The quantitative estimate of drug-likeness (QED) is 0.712. The van der Waals surface area contributed by atoms with Crippen molar-refractivity contribution in [1.29, 1.82) is 0 Å². The first-order valence-electron chi connectivity index (χ1n) is 8.79. The second kappa shape index (κ2) is 8.42. The zero-order chi connectivity index (χ0) is 21.2. The molecule has 0 bridgehead atoms. The molecule has 2 unspecified atom stereocenters. The van der Waals surface area contributed by atoms with Crippen LogP contribution in [0.25, 0.3) is 0 Å². The average Bonchev–Trinajstić information content (AvgIpc) is 3.37. The molecule has 6 nitrogen and oxygen atoms in total. The van der Waals surface area contributed by atoms with Crippen LogP contribution in [0.15, 0.2) is 46.0 Å². The van der Waals surface area contributed by atoms with Gasteiger partial charge in [-0.25, -0.2) is 8.42 Å². The molecule has 1 aliphatic heterocycles. The van der Waals surface area contributed by atoms with Gasteiger partial charge < -0.3 is 10.4 Å². The van der Waals surface area contributed by atoms with Crippen LogP contribution in [-0.2, 0) is 21.0 Å². The number of carbonyl (C=O) groups is 1. The van der Waals surface area contributed by atoms with E-state index in [9.17, 15) is 31.5 Å². The third-order valence-corrected chi connectivity index (χ3v) is 7.94. The molecule has 29 heavy (non-hydrogen) atoms. The fraction of sp³-hybridized carbons (Fsp3) is 0.389. The minimum absolute atomic E-state index is 0.122. The predicted octanol–water partition coefficient (Wildman–Crippen LogP) is 2.77. The lowest BCUT2D eigenvalue weighted by molar-refractivity contribution is -0.139. The van der Waals surface area contributed by atoms with Crippen LogP contribution in [0.5, 0.6) is 0 Å². The number of benzene rings is 1. The number of amides is 1. The number of rotatable bonds is 6. The summed E-state index contributed by atoms with van der Waals surface area (Å²) in [6.07, 6.45) is -5.44. The Morgan fingerprint density at radius 2 is 2.00 bits per heavy atom. The predicted molar refractivity (Wildman–Crippen MR) is 101 cm³/mol. The number of nitrogens with one attached hydrogen (secondary N) is 1. The van der Waals surface area contributed by atoms with Crippen LogP contribution in [0.1, 0.15) is 30.1 Å². The molecular formula is C18H19F3N2O4S2. The van der Waals surface area contributed by atoms with E-state index in [2.05, 4.69) is 5.32 Å². The number of hydrogen-bond acceptors (Lipinski definition) is 5. The van der Waals surface area contributed by atoms with E-state index in [1.165, 1.54) is 18.2 Å². The van der Waals surface area contributed by atoms with E-state index < -0.39 is 46.4 Å². The van der Waals surface area contributed by atoms with Crippen molar-refractivity contribution in [3.8, 4) is 0 Å². The van der Waals surface area contributed by atoms with Gasteiger partial charge in [-0.2, -0.15) is 17.5 Å². The second-order valence-corrected chi connectivity index (χ2v) is 9.62. The monoisotopic (exact) mass is 448 g/mol. The Morgan fingerprint density at radius 1 is 1.28 bits per heavy atom. The maximum Gasteiger partial charge on any atom is 0.416 e. The summed E-state index contributed by atoms with van der Waals surface area (Å²) >= 11 is 1.04. The largest absolute Gasteiger partial charge is 0.416 e.